The molecule has 1 amide bonds. The number of anilines is 1. The summed E-state index contributed by atoms with van der Waals surface area (Å²) in [6.07, 6.45) is -3.56. The van der Waals surface area contributed by atoms with E-state index in [0.717, 1.165) is 24.0 Å². The molecule has 0 bridgehead atoms. The number of alkyl halides is 3. The van der Waals surface area contributed by atoms with Crippen molar-refractivity contribution in [3.05, 3.63) is 29.3 Å². The summed E-state index contributed by atoms with van der Waals surface area (Å²) in [6, 6.07) is 3.41. The van der Waals surface area contributed by atoms with Gasteiger partial charge in [0.1, 0.15) is 0 Å². The van der Waals surface area contributed by atoms with Crippen molar-refractivity contribution in [3.8, 4) is 0 Å². The predicted octanol–water partition coefficient (Wildman–Crippen LogP) is 2.47. The number of nitrogen functional groups attached to an aromatic ring is 1. The molecule has 1 atom stereocenters. The Morgan fingerprint density at radius 1 is 1.43 bits per heavy atom. The van der Waals surface area contributed by atoms with E-state index in [2.05, 4.69) is 5.32 Å². The van der Waals surface area contributed by atoms with Gasteiger partial charge in [0.2, 0.25) is 0 Å². The number of halogens is 3. The molecule has 116 valence electrons. The average molecular weight is 319 g/mol. The summed E-state index contributed by atoms with van der Waals surface area (Å²) in [5, 5.41) is 2.68. The van der Waals surface area contributed by atoms with Crippen molar-refractivity contribution in [2.45, 2.75) is 12.6 Å². The van der Waals surface area contributed by atoms with Crippen LogP contribution in [0.3, 0.4) is 0 Å². The van der Waals surface area contributed by atoms with E-state index in [0.29, 0.717) is 12.5 Å². The summed E-state index contributed by atoms with van der Waals surface area (Å²) in [4.78, 5) is 12.1. The van der Waals surface area contributed by atoms with Crippen LogP contribution in [0.25, 0.3) is 0 Å². The molecule has 1 heterocycles. The van der Waals surface area contributed by atoms with E-state index in [1.807, 2.05) is 17.2 Å². The molecule has 0 radical (unpaired) electrons. The number of hydrogen-bond donors (Lipinski definition) is 3. The van der Waals surface area contributed by atoms with Crippen molar-refractivity contribution in [3.63, 3.8) is 0 Å². The zero-order chi connectivity index (χ0) is 15.5. The van der Waals surface area contributed by atoms with Crippen LogP contribution < -0.4 is 16.6 Å². The Morgan fingerprint density at radius 3 is 2.76 bits per heavy atom. The lowest BCUT2D eigenvalue weighted by Crippen LogP contribution is -2.31. The van der Waals surface area contributed by atoms with Gasteiger partial charge in [-0.05, 0) is 36.0 Å². The monoisotopic (exact) mass is 319 g/mol. The molecule has 0 aliphatic carbocycles. The highest BCUT2D eigenvalue weighted by Gasteiger charge is 2.35. The lowest BCUT2D eigenvalue weighted by molar-refractivity contribution is -0.137. The fourth-order valence-corrected chi connectivity index (χ4v) is 3.49. The number of para-hydroxylation sites is 1. The first kappa shape index (κ1) is 16.0. The largest absolute Gasteiger partial charge is 0.418 e. The van der Waals surface area contributed by atoms with Crippen LogP contribution in [0.2, 0.25) is 0 Å². The van der Waals surface area contributed by atoms with Crippen LogP contribution in [-0.2, 0) is 6.18 Å². The first-order chi connectivity index (χ1) is 9.93. The first-order valence-corrected chi connectivity index (χ1v) is 7.61. The van der Waals surface area contributed by atoms with Crippen molar-refractivity contribution in [2.75, 3.05) is 23.5 Å². The minimum absolute atomic E-state index is 0.0991. The average Bonchev–Trinajstić information content (AvgIpc) is 2.96. The molecule has 1 saturated heterocycles. The SMILES string of the molecule is NNc1c(C(=O)NCC2CCSC2)cccc1C(F)(F)F. The number of carbonyl (C=O) groups is 1. The molecule has 0 saturated carbocycles. The maximum absolute atomic E-state index is 12.9. The van der Waals surface area contributed by atoms with Gasteiger partial charge in [0.25, 0.3) is 5.91 Å². The van der Waals surface area contributed by atoms with Gasteiger partial charge in [-0.25, -0.2) is 0 Å². The van der Waals surface area contributed by atoms with Gasteiger partial charge < -0.3 is 10.7 Å². The van der Waals surface area contributed by atoms with E-state index in [9.17, 15) is 18.0 Å². The van der Waals surface area contributed by atoms with Crippen LogP contribution in [0.15, 0.2) is 18.2 Å². The molecule has 2 rings (SSSR count). The fourth-order valence-electron chi connectivity index (χ4n) is 2.21. The van der Waals surface area contributed by atoms with Gasteiger partial charge in [-0.15, -0.1) is 0 Å². The molecule has 1 aliphatic heterocycles. The van der Waals surface area contributed by atoms with Crippen LogP contribution in [0.4, 0.5) is 18.9 Å². The molecule has 1 fully saturated rings. The summed E-state index contributed by atoms with van der Waals surface area (Å²) >= 11 is 1.81. The van der Waals surface area contributed by atoms with E-state index in [4.69, 9.17) is 5.84 Å². The van der Waals surface area contributed by atoms with E-state index < -0.39 is 23.3 Å². The molecule has 21 heavy (non-hydrogen) atoms. The summed E-state index contributed by atoms with van der Waals surface area (Å²) < 4.78 is 38.6. The second-order valence-corrected chi connectivity index (χ2v) is 5.96. The van der Waals surface area contributed by atoms with Gasteiger partial charge in [-0.1, -0.05) is 6.07 Å². The number of hydrogen-bond acceptors (Lipinski definition) is 4. The highest BCUT2D eigenvalue weighted by atomic mass is 32.2. The van der Waals surface area contributed by atoms with Crippen LogP contribution in [-0.4, -0.2) is 24.0 Å². The van der Waals surface area contributed by atoms with Crippen molar-refractivity contribution >= 4 is 23.4 Å². The Kier molecular flexibility index (Phi) is 5.00. The van der Waals surface area contributed by atoms with E-state index in [1.54, 1.807) is 0 Å². The maximum atomic E-state index is 12.9. The molecule has 1 aromatic carbocycles. The minimum atomic E-state index is -4.57. The molecule has 4 nitrogen and oxygen atoms in total. The van der Waals surface area contributed by atoms with Crippen molar-refractivity contribution in [2.24, 2.45) is 11.8 Å². The van der Waals surface area contributed by atoms with Crippen LogP contribution in [0, 0.1) is 5.92 Å². The number of carbonyl (C=O) groups excluding carboxylic acids is 1. The van der Waals surface area contributed by atoms with E-state index in [1.165, 1.54) is 12.1 Å². The van der Waals surface area contributed by atoms with Crippen molar-refractivity contribution in [1.29, 1.82) is 0 Å². The number of amides is 1. The first-order valence-electron chi connectivity index (χ1n) is 6.46. The molecule has 4 N–H and O–H groups in total. The third kappa shape index (κ3) is 3.82. The Balaban J connectivity index is 2.16. The molecule has 1 aliphatic rings. The van der Waals surface area contributed by atoms with E-state index in [-0.39, 0.29) is 5.56 Å². The topological polar surface area (TPSA) is 67.1 Å². The Morgan fingerprint density at radius 2 is 2.19 bits per heavy atom. The van der Waals surface area contributed by atoms with Gasteiger partial charge in [-0.2, -0.15) is 24.9 Å². The lowest BCUT2D eigenvalue weighted by Gasteiger charge is -2.16. The quantitative estimate of drug-likeness (QED) is 0.589. The second kappa shape index (κ2) is 6.57. The smallest absolute Gasteiger partial charge is 0.352 e. The number of hydrazine groups is 1. The number of thioether (sulfide) groups is 1. The highest BCUT2D eigenvalue weighted by Crippen LogP contribution is 2.36. The summed E-state index contributed by atoms with van der Waals surface area (Å²) in [6.45, 7) is 0.464. The van der Waals surface area contributed by atoms with Gasteiger partial charge in [-0.3, -0.25) is 10.6 Å². The molecule has 1 aromatic rings. The zero-order valence-electron chi connectivity index (χ0n) is 11.2. The standard InChI is InChI=1S/C13H16F3N3OS/c14-13(15,16)10-3-1-2-9(11(10)19-17)12(20)18-6-8-4-5-21-7-8/h1-3,8,19H,4-7,17H2,(H,18,20). The van der Waals surface area contributed by atoms with Crippen LogP contribution in [0.1, 0.15) is 22.3 Å². The molecule has 1 unspecified atom stereocenters. The number of nitrogens with two attached hydrogens (primary N) is 1. The minimum Gasteiger partial charge on any atom is -0.352 e. The number of rotatable bonds is 4. The Bertz CT molecular complexity index is 516. The molecular weight excluding hydrogens is 303 g/mol. The zero-order valence-corrected chi connectivity index (χ0v) is 12.0. The van der Waals surface area contributed by atoms with Crippen LogP contribution >= 0.6 is 11.8 Å². The van der Waals surface area contributed by atoms with Crippen LogP contribution in [0.5, 0.6) is 0 Å². The second-order valence-electron chi connectivity index (χ2n) is 4.81. The molecule has 0 aromatic heterocycles. The summed E-state index contributed by atoms with van der Waals surface area (Å²) in [5.41, 5.74) is 0.546. The fraction of sp³-hybridized carbons (Fsp3) is 0.462. The van der Waals surface area contributed by atoms with Crippen molar-refractivity contribution in [1.82, 2.24) is 5.32 Å². The lowest BCUT2D eigenvalue weighted by atomic mass is 10.1. The van der Waals surface area contributed by atoms with E-state index >= 15 is 0 Å². The predicted molar refractivity (Wildman–Crippen MR) is 77.0 cm³/mol. The van der Waals surface area contributed by atoms with Gasteiger partial charge in [0, 0.05) is 6.54 Å². The number of benzene rings is 1. The van der Waals surface area contributed by atoms with Crippen molar-refractivity contribution < 1.29 is 18.0 Å². The Hall–Kier alpha value is -1.41. The van der Waals surface area contributed by atoms with Gasteiger partial charge in [0.05, 0.1) is 16.8 Å². The maximum Gasteiger partial charge on any atom is 0.418 e. The van der Waals surface area contributed by atoms with Gasteiger partial charge >= 0.3 is 6.18 Å². The molecule has 0 spiro atoms. The highest BCUT2D eigenvalue weighted by molar-refractivity contribution is 7.99. The third-order valence-electron chi connectivity index (χ3n) is 3.33. The van der Waals surface area contributed by atoms with Gasteiger partial charge in [0.15, 0.2) is 0 Å². The normalized spacial score (nSPS) is 18.6. The summed E-state index contributed by atoms with van der Waals surface area (Å²) in [7, 11) is 0. The third-order valence-corrected chi connectivity index (χ3v) is 4.57. The molecular formula is C13H16F3N3OS. The number of nitrogens with one attached hydrogen (secondary N) is 2. The Labute approximate surface area is 124 Å². The molecule has 8 heteroatoms. The summed E-state index contributed by atoms with van der Waals surface area (Å²) in [5.74, 6) is 7.01.